The Balaban J connectivity index is 0.000000461. The Kier molecular flexibility index (Phi) is 6.39. The molecule has 70 valence electrons. The molecular weight excluding hydrogens is 366 g/mol. The Bertz CT molecular complexity index is 111. The van der Waals surface area contributed by atoms with Gasteiger partial charge < -0.3 is 11.5 Å². The van der Waals surface area contributed by atoms with Gasteiger partial charge in [-0.2, -0.15) is 6.42 Å². The van der Waals surface area contributed by atoms with Crippen LogP contribution in [-0.4, -0.2) is 5.00 Å². The monoisotopic (exact) mass is 377 g/mol. The van der Waals surface area contributed by atoms with Crippen molar-refractivity contribution in [1.29, 1.82) is 0 Å². The predicted molar refractivity (Wildman–Crippen MR) is 44.5 cm³/mol. The first kappa shape index (κ1) is 12.2. The molecule has 0 aromatic carbocycles. The second-order valence-electron chi connectivity index (χ2n) is 2.59. The molecule has 11 heavy (non-hydrogen) atoms. The van der Waals surface area contributed by atoms with Gasteiger partial charge in [-0.25, -0.2) is 6.04 Å². The topological polar surface area (TPSA) is 52.0 Å². The SMILES string of the molecule is N[C-]1CCCC[C@]1(N)Cl.[Cl][Pt+]. The van der Waals surface area contributed by atoms with Gasteiger partial charge in [0.15, 0.2) is 0 Å². The van der Waals surface area contributed by atoms with Gasteiger partial charge in [-0.05, 0) is 11.4 Å². The number of rotatable bonds is 0. The third kappa shape index (κ3) is 4.09. The minimum absolute atomic E-state index is 0.696. The summed E-state index contributed by atoms with van der Waals surface area (Å²) in [5.41, 5.74) is 11.2. The molecule has 0 amide bonds. The Labute approximate surface area is 87.8 Å². The average Bonchev–Trinajstić information content (AvgIpc) is 2.00. The number of alkyl halides is 1. The molecular formula is C6H12Cl2N2Pt. The van der Waals surface area contributed by atoms with Crippen molar-refractivity contribution >= 4 is 21.0 Å². The summed E-state index contributed by atoms with van der Waals surface area (Å²) in [4.78, 5) is -0.696. The molecule has 0 heterocycles. The van der Waals surface area contributed by atoms with Gasteiger partial charge in [0, 0.05) is 0 Å². The summed E-state index contributed by atoms with van der Waals surface area (Å²) in [6.07, 6.45) is 3.94. The van der Waals surface area contributed by atoms with E-state index in [4.69, 9.17) is 23.1 Å². The molecule has 0 aromatic heterocycles. The maximum atomic E-state index is 5.84. The van der Waals surface area contributed by atoms with E-state index in [2.05, 4.69) is 9.42 Å². The van der Waals surface area contributed by atoms with Gasteiger partial charge >= 0.3 is 28.2 Å². The van der Waals surface area contributed by atoms with Crippen LogP contribution in [0.1, 0.15) is 25.7 Å². The molecule has 0 saturated heterocycles. The molecule has 1 fully saturated rings. The van der Waals surface area contributed by atoms with Gasteiger partial charge in [-0.3, -0.25) is 0 Å². The molecule has 0 aromatic rings. The number of halogens is 2. The molecule has 5 heteroatoms. The van der Waals surface area contributed by atoms with Crippen LogP contribution in [0, 0.1) is 6.04 Å². The molecule has 1 rings (SSSR count). The summed E-state index contributed by atoms with van der Waals surface area (Å²) in [6.45, 7) is 0. The van der Waals surface area contributed by atoms with E-state index in [1.165, 1.54) is 0 Å². The first-order valence-electron chi connectivity index (χ1n) is 3.34. The van der Waals surface area contributed by atoms with Crippen LogP contribution < -0.4 is 11.5 Å². The molecule has 1 aliphatic carbocycles. The molecule has 1 atom stereocenters. The molecule has 0 bridgehead atoms. The summed E-state index contributed by atoms with van der Waals surface area (Å²) in [7, 11) is 4.61. The van der Waals surface area contributed by atoms with E-state index in [9.17, 15) is 0 Å². The van der Waals surface area contributed by atoms with E-state index < -0.39 is 5.00 Å². The zero-order valence-corrected chi connectivity index (χ0v) is 9.84. The van der Waals surface area contributed by atoms with E-state index in [1.54, 1.807) is 18.8 Å². The van der Waals surface area contributed by atoms with Gasteiger partial charge in [-0.15, -0.1) is 11.6 Å². The second kappa shape index (κ2) is 5.77. The van der Waals surface area contributed by atoms with Crippen molar-refractivity contribution in [3.05, 3.63) is 6.04 Å². The van der Waals surface area contributed by atoms with Crippen LogP contribution >= 0.6 is 21.0 Å². The Morgan fingerprint density at radius 1 is 1.36 bits per heavy atom. The van der Waals surface area contributed by atoms with Crippen molar-refractivity contribution in [2.45, 2.75) is 30.7 Å². The standard InChI is InChI=1S/C6H12ClN2.ClH.Pt/c7-6(9)4-2-1-3-5(6)8;;/h1-4,8-9H2;1H;/q-1;;+2/p-1/t6-;;/m1../s1. The first-order chi connectivity index (χ1) is 5.13. The van der Waals surface area contributed by atoms with Gasteiger partial charge in [-0.1, -0.05) is 12.8 Å². The predicted octanol–water partition coefficient (Wildman–Crippen LogP) is 1.63. The third-order valence-electron chi connectivity index (χ3n) is 1.77. The number of hydrogen-bond donors (Lipinski definition) is 2. The molecule has 2 nitrogen and oxygen atoms in total. The summed E-state index contributed by atoms with van der Waals surface area (Å²) in [5.74, 6) is 0. The van der Waals surface area contributed by atoms with Crippen LogP contribution in [-0.2, 0) is 18.8 Å². The third-order valence-corrected chi connectivity index (χ3v) is 2.20. The van der Waals surface area contributed by atoms with Crippen molar-refractivity contribution in [2.75, 3.05) is 0 Å². The molecule has 0 radical (unpaired) electrons. The Morgan fingerprint density at radius 2 is 1.91 bits per heavy atom. The quantitative estimate of drug-likeness (QED) is 0.383. The number of hydrogen-bond acceptors (Lipinski definition) is 2. The zero-order valence-electron chi connectivity index (χ0n) is 6.06. The molecule has 0 spiro atoms. The van der Waals surface area contributed by atoms with Crippen LogP contribution in [0.2, 0.25) is 0 Å². The summed E-state index contributed by atoms with van der Waals surface area (Å²) in [6, 6.07) is 0.746. The van der Waals surface area contributed by atoms with Crippen molar-refractivity contribution < 1.29 is 18.8 Å². The normalized spacial score (nSPS) is 32.5. The van der Waals surface area contributed by atoms with Crippen LogP contribution in [0.3, 0.4) is 0 Å². The van der Waals surface area contributed by atoms with Gasteiger partial charge in [0.25, 0.3) is 0 Å². The van der Waals surface area contributed by atoms with Crippen LogP contribution in [0.25, 0.3) is 0 Å². The van der Waals surface area contributed by atoms with E-state index in [1.807, 2.05) is 0 Å². The van der Waals surface area contributed by atoms with E-state index >= 15 is 0 Å². The fourth-order valence-corrected chi connectivity index (χ4v) is 1.29. The Morgan fingerprint density at radius 3 is 2.18 bits per heavy atom. The molecule has 4 N–H and O–H groups in total. The van der Waals surface area contributed by atoms with Gasteiger partial charge in [0.1, 0.15) is 0 Å². The van der Waals surface area contributed by atoms with E-state index in [-0.39, 0.29) is 0 Å². The molecule has 1 saturated carbocycles. The summed E-state index contributed by atoms with van der Waals surface area (Å²) < 4.78 is 0. The fourth-order valence-electron chi connectivity index (χ4n) is 1.07. The van der Waals surface area contributed by atoms with Gasteiger partial charge in [0.2, 0.25) is 0 Å². The molecule has 0 aliphatic heterocycles. The average molecular weight is 378 g/mol. The van der Waals surface area contributed by atoms with Crippen LogP contribution in [0.4, 0.5) is 0 Å². The molecule has 1 aliphatic rings. The first-order valence-corrected chi connectivity index (χ1v) is 6.54. The fraction of sp³-hybridized carbons (Fsp3) is 0.833. The van der Waals surface area contributed by atoms with Crippen molar-refractivity contribution in [3.8, 4) is 0 Å². The van der Waals surface area contributed by atoms with E-state index in [0.29, 0.717) is 0 Å². The Hall–Kier alpha value is 1.19. The van der Waals surface area contributed by atoms with Crippen LogP contribution in [0.5, 0.6) is 0 Å². The van der Waals surface area contributed by atoms with Crippen LogP contribution in [0.15, 0.2) is 0 Å². The molecule has 0 unspecified atom stereocenters. The summed E-state index contributed by atoms with van der Waals surface area (Å²) in [5, 5.41) is 0. The van der Waals surface area contributed by atoms with Crippen molar-refractivity contribution in [2.24, 2.45) is 11.5 Å². The zero-order chi connectivity index (χ0) is 8.91. The second-order valence-corrected chi connectivity index (χ2v) is 3.27. The van der Waals surface area contributed by atoms with Gasteiger partial charge in [0.05, 0.1) is 0 Å². The van der Waals surface area contributed by atoms with Crippen molar-refractivity contribution in [3.63, 3.8) is 0 Å². The maximum absolute atomic E-state index is 5.84. The van der Waals surface area contributed by atoms with E-state index in [0.717, 1.165) is 31.7 Å². The van der Waals surface area contributed by atoms with Crippen molar-refractivity contribution in [1.82, 2.24) is 0 Å². The minimum atomic E-state index is -0.696. The number of nitrogens with two attached hydrogens (primary N) is 2. The summed E-state index contributed by atoms with van der Waals surface area (Å²) >= 11 is 7.45.